The van der Waals surface area contributed by atoms with Crippen LogP contribution in [0.3, 0.4) is 0 Å². The molecule has 0 aliphatic rings. The molecular formula is C14H17N5S2. The lowest BCUT2D eigenvalue weighted by molar-refractivity contribution is 0.862. The normalized spacial score (nSPS) is 12.6. The van der Waals surface area contributed by atoms with Crippen molar-refractivity contribution in [1.29, 1.82) is 0 Å². The van der Waals surface area contributed by atoms with E-state index in [1.54, 1.807) is 22.7 Å². The van der Waals surface area contributed by atoms with E-state index in [2.05, 4.69) is 52.4 Å². The lowest BCUT2D eigenvalue weighted by Crippen LogP contribution is -2.09. The molecule has 0 aromatic carbocycles. The van der Waals surface area contributed by atoms with Gasteiger partial charge in [0, 0.05) is 23.0 Å². The van der Waals surface area contributed by atoms with Gasteiger partial charge in [-0.1, -0.05) is 0 Å². The summed E-state index contributed by atoms with van der Waals surface area (Å²) in [4.78, 5) is 16.9. The van der Waals surface area contributed by atoms with E-state index in [1.807, 2.05) is 13.2 Å². The molecule has 0 bridgehead atoms. The van der Waals surface area contributed by atoms with Crippen LogP contribution < -0.4 is 10.6 Å². The van der Waals surface area contributed by atoms with Crippen molar-refractivity contribution in [3.8, 4) is 0 Å². The minimum absolute atomic E-state index is 0.117. The van der Waals surface area contributed by atoms with Crippen LogP contribution in [0.2, 0.25) is 0 Å². The Balaban J connectivity index is 1.98. The number of nitrogens with one attached hydrogen (secondary N) is 2. The molecule has 21 heavy (non-hydrogen) atoms. The van der Waals surface area contributed by atoms with E-state index < -0.39 is 0 Å². The Morgan fingerprint density at radius 3 is 2.62 bits per heavy atom. The first-order valence-corrected chi connectivity index (χ1v) is 8.35. The van der Waals surface area contributed by atoms with Crippen LogP contribution >= 0.6 is 22.7 Å². The molecule has 0 spiro atoms. The molecule has 1 atom stereocenters. The molecule has 0 amide bonds. The van der Waals surface area contributed by atoms with Gasteiger partial charge in [-0.15, -0.1) is 22.7 Å². The fourth-order valence-corrected chi connectivity index (χ4v) is 3.76. The van der Waals surface area contributed by atoms with Crippen molar-refractivity contribution in [2.24, 2.45) is 0 Å². The van der Waals surface area contributed by atoms with Crippen LogP contribution in [0.4, 0.5) is 11.8 Å². The van der Waals surface area contributed by atoms with Crippen molar-refractivity contribution >= 4 is 44.7 Å². The first-order chi connectivity index (χ1) is 10.1. The number of aryl methyl sites for hydroxylation is 2. The second-order valence-electron chi connectivity index (χ2n) is 4.90. The summed E-state index contributed by atoms with van der Waals surface area (Å²) in [6.07, 6.45) is 1.90. The molecule has 0 saturated carbocycles. The predicted octanol–water partition coefficient (Wildman–Crippen LogP) is 3.98. The summed E-state index contributed by atoms with van der Waals surface area (Å²) in [7, 11) is 1.83. The number of thiophene rings is 1. The molecule has 0 fully saturated rings. The number of rotatable bonds is 4. The zero-order chi connectivity index (χ0) is 15.0. The van der Waals surface area contributed by atoms with Gasteiger partial charge in [-0.05, 0) is 26.8 Å². The molecule has 3 rings (SSSR count). The zero-order valence-corrected chi connectivity index (χ0v) is 14.0. The number of fused-ring (bicyclic) bond motifs is 1. The highest BCUT2D eigenvalue weighted by Gasteiger charge is 2.15. The maximum atomic E-state index is 4.56. The minimum atomic E-state index is 0.117. The third kappa shape index (κ3) is 2.84. The lowest BCUT2D eigenvalue weighted by atomic mass is 10.3. The van der Waals surface area contributed by atoms with Crippen LogP contribution in [0.25, 0.3) is 10.2 Å². The van der Waals surface area contributed by atoms with Gasteiger partial charge < -0.3 is 10.6 Å². The van der Waals surface area contributed by atoms with Gasteiger partial charge in [0.15, 0.2) is 0 Å². The summed E-state index contributed by atoms with van der Waals surface area (Å²) in [5, 5.41) is 8.62. The van der Waals surface area contributed by atoms with Crippen molar-refractivity contribution in [2.45, 2.75) is 26.8 Å². The lowest BCUT2D eigenvalue weighted by Gasteiger charge is -2.13. The van der Waals surface area contributed by atoms with Crippen LogP contribution in [-0.2, 0) is 0 Å². The topological polar surface area (TPSA) is 62.7 Å². The first kappa shape index (κ1) is 14.2. The van der Waals surface area contributed by atoms with E-state index in [-0.39, 0.29) is 6.04 Å². The van der Waals surface area contributed by atoms with Gasteiger partial charge in [0.25, 0.3) is 0 Å². The van der Waals surface area contributed by atoms with Gasteiger partial charge in [-0.25, -0.2) is 9.97 Å². The number of anilines is 2. The zero-order valence-electron chi connectivity index (χ0n) is 12.4. The Bertz CT molecular complexity index is 777. The van der Waals surface area contributed by atoms with E-state index >= 15 is 0 Å². The molecule has 0 aliphatic carbocycles. The molecule has 3 heterocycles. The van der Waals surface area contributed by atoms with E-state index in [1.165, 1.54) is 9.75 Å². The van der Waals surface area contributed by atoms with Gasteiger partial charge in [0.2, 0.25) is 5.95 Å². The van der Waals surface area contributed by atoms with Gasteiger partial charge in [0.05, 0.1) is 11.4 Å². The molecule has 0 aliphatic heterocycles. The Morgan fingerprint density at radius 1 is 1.14 bits per heavy atom. The summed E-state index contributed by atoms with van der Waals surface area (Å²) in [5.74, 6) is 1.49. The van der Waals surface area contributed by atoms with E-state index in [9.17, 15) is 0 Å². The fourth-order valence-electron chi connectivity index (χ4n) is 2.10. The fraction of sp³-hybridized carbons (Fsp3) is 0.357. The summed E-state index contributed by atoms with van der Waals surface area (Å²) in [5.41, 5.74) is 0. The third-order valence-electron chi connectivity index (χ3n) is 3.10. The van der Waals surface area contributed by atoms with Crippen molar-refractivity contribution in [2.75, 3.05) is 17.7 Å². The number of thiazole rings is 1. The SMILES string of the molecule is CNc1nc(NC(C)c2ncc(C)s2)c2cc(C)sc2n1. The molecule has 1 unspecified atom stereocenters. The van der Waals surface area contributed by atoms with Crippen molar-refractivity contribution in [3.05, 3.63) is 27.0 Å². The van der Waals surface area contributed by atoms with Gasteiger partial charge >= 0.3 is 0 Å². The maximum absolute atomic E-state index is 4.56. The van der Waals surface area contributed by atoms with Crippen LogP contribution in [-0.4, -0.2) is 22.0 Å². The number of hydrogen-bond acceptors (Lipinski definition) is 7. The van der Waals surface area contributed by atoms with E-state index in [0.29, 0.717) is 5.95 Å². The highest BCUT2D eigenvalue weighted by molar-refractivity contribution is 7.18. The van der Waals surface area contributed by atoms with E-state index in [4.69, 9.17) is 0 Å². The number of hydrogen-bond donors (Lipinski definition) is 2. The van der Waals surface area contributed by atoms with Crippen LogP contribution in [0, 0.1) is 13.8 Å². The summed E-state index contributed by atoms with van der Waals surface area (Å²) in [6, 6.07) is 2.24. The molecule has 0 saturated heterocycles. The molecule has 5 nitrogen and oxygen atoms in total. The number of nitrogens with zero attached hydrogens (tertiary/aromatic N) is 3. The Kier molecular flexibility index (Phi) is 3.77. The second-order valence-corrected chi connectivity index (χ2v) is 7.40. The summed E-state index contributed by atoms with van der Waals surface area (Å²) in [6.45, 7) is 6.26. The monoisotopic (exact) mass is 319 g/mol. The first-order valence-electron chi connectivity index (χ1n) is 6.71. The molecule has 3 aromatic heterocycles. The van der Waals surface area contributed by atoms with Crippen LogP contribution in [0.15, 0.2) is 12.3 Å². The smallest absolute Gasteiger partial charge is 0.225 e. The van der Waals surface area contributed by atoms with Crippen molar-refractivity contribution in [3.63, 3.8) is 0 Å². The van der Waals surface area contributed by atoms with Crippen molar-refractivity contribution < 1.29 is 0 Å². The molecule has 7 heteroatoms. The summed E-state index contributed by atoms with van der Waals surface area (Å²) < 4.78 is 0. The average Bonchev–Trinajstić information content (AvgIpc) is 3.03. The van der Waals surface area contributed by atoms with E-state index in [0.717, 1.165) is 21.0 Å². The average molecular weight is 319 g/mol. The Hall–Kier alpha value is -1.73. The van der Waals surface area contributed by atoms with Crippen LogP contribution in [0.1, 0.15) is 27.7 Å². The quantitative estimate of drug-likeness (QED) is 0.761. The standard InChI is InChI=1S/C14H17N5S2/c1-7-5-10-11(18-14(15-4)19-13(10)20-7)17-9(3)12-16-6-8(2)21-12/h5-6,9H,1-4H3,(H2,15,17,18,19). The third-order valence-corrected chi connectivity index (χ3v) is 5.14. The Labute approximate surface area is 131 Å². The Morgan fingerprint density at radius 2 is 1.95 bits per heavy atom. The van der Waals surface area contributed by atoms with Crippen LogP contribution in [0.5, 0.6) is 0 Å². The largest absolute Gasteiger partial charge is 0.360 e. The summed E-state index contributed by atoms with van der Waals surface area (Å²) >= 11 is 3.38. The van der Waals surface area contributed by atoms with Gasteiger partial charge in [-0.2, -0.15) is 4.98 Å². The molecular weight excluding hydrogens is 302 g/mol. The predicted molar refractivity (Wildman–Crippen MR) is 90.6 cm³/mol. The molecule has 2 N–H and O–H groups in total. The molecule has 0 radical (unpaired) electrons. The number of aromatic nitrogens is 3. The van der Waals surface area contributed by atoms with Gasteiger partial charge in [-0.3, -0.25) is 0 Å². The maximum Gasteiger partial charge on any atom is 0.225 e. The molecule has 110 valence electrons. The highest BCUT2D eigenvalue weighted by Crippen LogP contribution is 2.32. The van der Waals surface area contributed by atoms with Crippen molar-refractivity contribution in [1.82, 2.24) is 15.0 Å². The molecule has 3 aromatic rings. The van der Waals surface area contributed by atoms with Gasteiger partial charge in [0.1, 0.15) is 15.7 Å². The highest BCUT2D eigenvalue weighted by atomic mass is 32.1. The minimum Gasteiger partial charge on any atom is -0.360 e. The second kappa shape index (κ2) is 5.57.